The van der Waals surface area contributed by atoms with E-state index in [0.717, 1.165) is 5.56 Å². The molecule has 0 radical (unpaired) electrons. The maximum atomic E-state index is 12.1. The summed E-state index contributed by atoms with van der Waals surface area (Å²) in [6.07, 6.45) is 1.27. The van der Waals surface area contributed by atoms with Gasteiger partial charge in [0.15, 0.2) is 0 Å². The Kier molecular flexibility index (Phi) is 7.89. The SMILES string of the molecule is COc1ccc(C(O)(c2ccc(CCCC(=O)ON3C(=O)CCC3=O)cc2)c2ccc(OC)cc2)cc1. The number of aryl methyl sites for hydroxylation is 1. The molecule has 1 aliphatic heterocycles. The number of hydrogen-bond donors (Lipinski definition) is 1. The van der Waals surface area contributed by atoms with Gasteiger partial charge in [0.25, 0.3) is 11.8 Å². The lowest BCUT2D eigenvalue weighted by atomic mass is 9.80. The molecule has 0 saturated carbocycles. The van der Waals surface area contributed by atoms with Crippen LogP contribution in [0.4, 0.5) is 0 Å². The predicted molar refractivity (Wildman–Crippen MR) is 135 cm³/mol. The van der Waals surface area contributed by atoms with E-state index in [1.165, 1.54) is 0 Å². The second-order valence-electron chi connectivity index (χ2n) is 8.76. The van der Waals surface area contributed by atoms with Crippen molar-refractivity contribution in [1.82, 2.24) is 5.06 Å². The fourth-order valence-electron chi connectivity index (χ4n) is 4.32. The van der Waals surface area contributed by atoms with E-state index in [2.05, 4.69) is 0 Å². The molecule has 1 fully saturated rings. The van der Waals surface area contributed by atoms with Crippen molar-refractivity contribution in [2.75, 3.05) is 14.2 Å². The van der Waals surface area contributed by atoms with Crippen molar-refractivity contribution >= 4 is 17.8 Å². The van der Waals surface area contributed by atoms with E-state index in [0.29, 0.717) is 46.1 Å². The summed E-state index contributed by atoms with van der Waals surface area (Å²) in [5.74, 6) is -0.222. The lowest BCUT2D eigenvalue weighted by Crippen LogP contribution is -2.32. The number of methoxy groups -OCH3 is 2. The number of amides is 2. The molecule has 1 aliphatic rings. The summed E-state index contributed by atoms with van der Waals surface area (Å²) >= 11 is 0. The topological polar surface area (TPSA) is 102 Å². The van der Waals surface area contributed by atoms with Crippen LogP contribution in [0.1, 0.15) is 47.9 Å². The Morgan fingerprint density at radius 3 is 1.65 bits per heavy atom. The summed E-state index contributed by atoms with van der Waals surface area (Å²) in [6, 6.07) is 22.1. The maximum absolute atomic E-state index is 12.1. The smallest absolute Gasteiger partial charge is 0.333 e. The van der Waals surface area contributed by atoms with E-state index in [-0.39, 0.29) is 19.3 Å². The fourth-order valence-corrected chi connectivity index (χ4v) is 4.32. The molecule has 8 heteroatoms. The van der Waals surface area contributed by atoms with Crippen LogP contribution in [0.25, 0.3) is 0 Å². The number of hydroxylamine groups is 2. The zero-order chi connectivity index (χ0) is 26.4. The van der Waals surface area contributed by atoms with Gasteiger partial charge in [0.05, 0.1) is 14.2 Å². The van der Waals surface area contributed by atoms with Crippen LogP contribution >= 0.6 is 0 Å². The summed E-state index contributed by atoms with van der Waals surface area (Å²) in [5, 5.41) is 12.6. The van der Waals surface area contributed by atoms with Gasteiger partial charge in [0.1, 0.15) is 17.1 Å². The Balaban J connectivity index is 1.48. The van der Waals surface area contributed by atoms with Gasteiger partial charge in [-0.3, -0.25) is 9.59 Å². The molecule has 1 N–H and O–H groups in total. The van der Waals surface area contributed by atoms with Gasteiger partial charge < -0.3 is 19.4 Å². The highest BCUT2D eigenvalue weighted by Crippen LogP contribution is 2.38. The number of nitrogens with zero attached hydrogens (tertiary/aromatic N) is 1. The minimum atomic E-state index is -1.42. The molecule has 3 aromatic rings. The number of rotatable bonds is 10. The van der Waals surface area contributed by atoms with Gasteiger partial charge in [-0.05, 0) is 59.4 Å². The highest BCUT2D eigenvalue weighted by atomic mass is 16.7. The quantitative estimate of drug-likeness (QED) is 0.331. The van der Waals surface area contributed by atoms with Gasteiger partial charge in [-0.15, -0.1) is 5.06 Å². The number of hydrogen-bond acceptors (Lipinski definition) is 7. The van der Waals surface area contributed by atoms with Crippen molar-refractivity contribution in [3.63, 3.8) is 0 Å². The molecular formula is C29H29NO7. The zero-order valence-electron chi connectivity index (χ0n) is 20.8. The Labute approximate surface area is 215 Å². The fraction of sp³-hybridized carbons (Fsp3) is 0.276. The third kappa shape index (κ3) is 5.65. The molecule has 0 aromatic heterocycles. The van der Waals surface area contributed by atoms with Crippen molar-refractivity contribution in [1.29, 1.82) is 0 Å². The van der Waals surface area contributed by atoms with Crippen LogP contribution in [-0.2, 0) is 31.2 Å². The average molecular weight is 504 g/mol. The van der Waals surface area contributed by atoms with Crippen LogP contribution in [0.15, 0.2) is 72.8 Å². The van der Waals surface area contributed by atoms with Crippen molar-refractivity contribution in [2.45, 2.75) is 37.7 Å². The van der Waals surface area contributed by atoms with Crippen molar-refractivity contribution in [3.8, 4) is 11.5 Å². The van der Waals surface area contributed by atoms with Crippen molar-refractivity contribution < 1.29 is 33.8 Å². The average Bonchev–Trinajstić information content (AvgIpc) is 3.25. The minimum Gasteiger partial charge on any atom is -0.497 e. The summed E-state index contributed by atoms with van der Waals surface area (Å²) in [6.45, 7) is 0. The number of carbonyl (C=O) groups is 3. The van der Waals surface area contributed by atoms with Gasteiger partial charge in [-0.1, -0.05) is 48.5 Å². The highest BCUT2D eigenvalue weighted by Gasteiger charge is 2.34. The first-order chi connectivity index (χ1) is 17.8. The molecule has 0 spiro atoms. The van der Waals surface area contributed by atoms with Crippen molar-refractivity contribution in [3.05, 3.63) is 95.1 Å². The molecule has 2 amide bonds. The molecule has 1 heterocycles. The predicted octanol–water partition coefficient (Wildman–Crippen LogP) is 3.92. The molecule has 3 aromatic carbocycles. The second kappa shape index (κ2) is 11.3. The van der Waals surface area contributed by atoms with Gasteiger partial charge in [0.2, 0.25) is 0 Å². The molecule has 4 rings (SSSR count). The van der Waals surface area contributed by atoms with Gasteiger partial charge in [0, 0.05) is 19.3 Å². The largest absolute Gasteiger partial charge is 0.497 e. The van der Waals surface area contributed by atoms with E-state index in [4.69, 9.17) is 14.3 Å². The molecule has 37 heavy (non-hydrogen) atoms. The summed E-state index contributed by atoms with van der Waals surface area (Å²) in [4.78, 5) is 40.1. The van der Waals surface area contributed by atoms with Crippen LogP contribution < -0.4 is 9.47 Å². The van der Waals surface area contributed by atoms with Crippen LogP contribution in [0, 0.1) is 0 Å². The number of aliphatic hydroxyl groups is 1. The van der Waals surface area contributed by atoms with Crippen molar-refractivity contribution in [2.24, 2.45) is 0 Å². The molecule has 192 valence electrons. The first-order valence-electron chi connectivity index (χ1n) is 12.0. The lowest BCUT2D eigenvalue weighted by molar-refractivity contribution is -0.197. The Morgan fingerprint density at radius 2 is 1.22 bits per heavy atom. The van der Waals surface area contributed by atoms with E-state index in [1.54, 1.807) is 38.5 Å². The van der Waals surface area contributed by atoms with Crippen LogP contribution in [-0.4, -0.2) is 42.2 Å². The Morgan fingerprint density at radius 1 is 0.784 bits per heavy atom. The molecule has 0 atom stereocenters. The minimum absolute atomic E-state index is 0.0673. The second-order valence-corrected chi connectivity index (χ2v) is 8.76. The Bertz CT molecular complexity index is 1190. The highest BCUT2D eigenvalue weighted by molar-refractivity contribution is 6.01. The normalized spacial score (nSPS) is 13.5. The molecule has 0 unspecified atom stereocenters. The third-order valence-electron chi connectivity index (χ3n) is 6.43. The Hall–Kier alpha value is -4.17. The van der Waals surface area contributed by atoms with Crippen LogP contribution in [0.3, 0.4) is 0 Å². The first-order valence-corrected chi connectivity index (χ1v) is 12.0. The monoisotopic (exact) mass is 503 g/mol. The van der Waals surface area contributed by atoms with Gasteiger partial charge in [-0.25, -0.2) is 4.79 Å². The van der Waals surface area contributed by atoms with E-state index in [1.807, 2.05) is 48.5 Å². The molecule has 0 bridgehead atoms. The van der Waals surface area contributed by atoms with Gasteiger partial charge in [-0.2, -0.15) is 0 Å². The number of ether oxygens (including phenoxy) is 2. The summed E-state index contributed by atoms with van der Waals surface area (Å²) in [5.41, 5.74) is 1.59. The molecule has 8 nitrogen and oxygen atoms in total. The number of benzene rings is 3. The molecule has 1 saturated heterocycles. The van der Waals surface area contributed by atoms with E-state index in [9.17, 15) is 19.5 Å². The zero-order valence-corrected chi connectivity index (χ0v) is 20.8. The summed E-state index contributed by atoms with van der Waals surface area (Å²) < 4.78 is 10.5. The van der Waals surface area contributed by atoms with E-state index < -0.39 is 23.4 Å². The van der Waals surface area contributed by atoms with Crippen LogP contribution in [0.2, 0.25) is 0 Å². The molecular weight excluding hydrogens is 474 g/mol. The lowest BCUT2D eigenvalue weighted by Gasteiger charge is -2.30. The van der Waals surface area contributed by atoms with Gasteiger partial charge >= 0.3 is 5.97 Å². The third-order valence-corrected chi connectivity index (χ3v) is 6.43. The standard InChI is InChI=1S/C29H29NO7/c1-35-24-14-10-22(11-15-24)29(34,23-12-16-25(36-2)17-13-23)21-8-6-20(7-9-21)4-3-5-28(33)37-30-26(31)18-19-27(30)32/h6-17,34H,3-5,18-19H2,1-2H3. The van der Waals surface area contributed by atoms with Crippen LogP contribution in [0.5, 0.6) is 11.5 Å². The summed E-state index contributed by atoms with van der Waals surface area (Å²) in [7, 11) is 3.18. The number of imide groups is 1. The molecule has 0 aliphatic carbocycles. The number of carbonyl (C=O) groups excluding carboxylic acids is 3. The van der Waals surface area contributed by atoms with E-state index >= 15 is 0 Å². The first kappa shape index (κ1) is 25.9. The maximum Gasteiger partial charge on any atom is 0.333 e.